The molecule has 6 nitrogen and oxygen atoms in total. The molecular formula is C15H20N2O4. The molecule has 114 valence electrons. The lowest BCUT2D eigenvalue weighted by Crippen LogP contribution is -2.32. The molecule has 0 heterocycles. The number of anilines is 1. The SMILES string of the molecule is CCC1CCCCC1Nc1ccc(C(=O)O)cc1[N+](=O)[O-]. The maximum absolute atomic E-state index is 11.2. The number of hydrogen-bond donors (Lipinski definition) is 2. The lowest BCUT2D eigenvalue weighted by Gasteiger charge is -2.32. The van der Waals surface area contributed by atoms with E-state index in [0.29, 0.717) is 11.6 Å². The minimum atomic E-state index is -1.16. The highest BCUT2D eigenvalue weighted by Gasteiger charge is 2.26. The van der Waals surface area contributed by atoms with E-state index in [1.165, 1.54) is 18.6 Å². The normalized spacial score (nSPS) is 21.8. The predicted octanol–water partition coefficient (Wildman–Crippen LogP) is 3.67. The van der Waals surface area contributed by atoms with E-state index in [0.717, 1.165) is 31.7 Å². The van der Waals surface area contributed by atoms with Gasteiger partial charge in [0.25, 0.3) is 5.69 Å². The Morgan fingerprint density at radius 1 is 1.43 bits per heavy atom. The van der Waals surface area contributed by atoms with E-state index in [9.17, 15) is 14.9 Å². The van der Waals surface area contributed by atoms with E-state index in [-0.39, 0.29) is 17.3 Å². The Hall–Kier alpha value is -2.11. The zero-order valence-electron chi connectivity index (χ0n) is 12.0. The third-order valence-corrected chi connectivity index (χ3v) is 4.22. The first-order valence-corrected chi connectivity index (χ1v) is 7.31. The van der Waals surface area contributed by atoms with Crippen molar-refractivity contribution >= 4 is 17.3 Å². The summed E-state index contributed by atoms with van der Waals surface area (Å²) in [6.07, 6.45) is 5.50. The van der Waals surface area contributed by atoms with E-state index < -0.39 is 10.9 Å². The maximum Gasteiger partial charge on any atom is 0.335 e. The number of nitro benzene ring substituents is 1. The van der Waals surface area contributed by atoms with Gasteiger partial charge in [-0.25, -0.2) is 4.79 Å². The molecule has 0 bridgehead atoms. The molecule has 2 unspecified atom stereocenters. The largest absolute Gasteiger partial charge is 0.478 e. The Balaban J connectivity index is 2.26. The molecule has 0 saturated heterocycles. The topological polar surface area (TPSA) is 92.5 Å². The number of carboxylic acid groups (broad SMARTS) is 1. The molecule has 0 radical (unpaired) electrons. The van der Waals surface area contributed by atoms with Crippen molar-refractivity contribution in [3.05, 3.63) is 33.9 Å². The van der Waals surface area contributed by atoms with Crippen LogP contribution in [0.15, 0.2) is 18.2 Å². The number of carbonyl (C=O) groups is 1. The minimum Gasteiger partial charge on any atom is -0.478 e. The van der Waals surface area contributed by atoms with Gasteiger partial charge < -0.3 is 10.4 Å². The number of nitrogens with one attached hydrogen (secondary N) is 1. The summed E-state index contributed by atoms with van der Waals surface area (Å²) in [5.41, 5.74) is 0.175. The average Bonchev–Trinajstić information content (AvgIpc) is 2.47. The van der Waals surface area contributed by atoms with E-state index >= 15 is 0 Å². The van der Waals surface area contributed by atoms with Crippen molar-refractivity contribution in [1.82, 2.24) is 0 Å². The van der Waals surface area contributed by atoms with Crippen LogP contribution >= 0.6 is 0 Å². The fourth-order valence-corrected chi connectivity index (χ4v) is 3.02. The monoisotopic (exact) mass is 292 g/mol. The summed E-state index contributed by atoms with van der Waals surface area (Å²) >= 11 is 0. The third kappa shape index (κ3) is 3.51. The van der Waals surface area contributed by atoms with Crippen molar-refractivity contribution in [3.63, 3.8) is 0 Å². The van der Waals surface area contributed by atoms with E-state index in [1.54, 1.807) is 0 Å². The lowest BCUT2D eigenvalue weighted by molar-refractivity contribution is -0.384. The van der Waals surface area contributed by atoms with Crippen LogP contribution in [0.4, 0.5) is 11.4 Å². The van der Waals surface area contributed by atoms with Crippen molar-refractivity contribution in [2.24, 2.45) is 5.92 Å². The number of nitro groups is 1. The third-order valence-electron chi connectivity index (χ3n) is 4.22. The summed E-state index contributed by atoms with van der Waals surface area (Å²) in [4.78, 5) is 21.6. The molecule has 2 rings (SSSR count). The Labute approximate surface area is 123 Å². The fraction of sp³-hybridized carbons (Fsp3) is 0.533. The first-order valence-electron chi connectivity index (χ1n) is 7.31. The van der Waals surface area contributed by atoms with E-state index in [4.69, 9.17) is 5.11 Å². The molecule has 0 aliphatic heterocycles. The Bertz CT molecular complexity index is 544. The van der Waals surface area contributed by atoms with Crippen LogP contribution in [0.5, 0.6) is 0 Å². The molecule has 1 aliphatic rings. The van der Waals surface area contributed by atoms with Crippen LogP contribution in [0.1, 0.15) is 49.4 Å². The molecule has 1 saturated carbocycles. The Kier molecular flexibility index (Phi) is 4.77. The standard InChI is InChI=1S/C15H20N2O4/c1-2-10-5-3-4-6-12(10)16-13-8-7-11(15(18)19)9-14(13)17(20)21/h7-10,12,16H,2-6H2,1H3,(H,18,19). The van der Waals surface area contributed by atoms with Crippen LogP contribution in [-0.2, 0) is 0 Å². The molecule has 2 atom stereocenters. The van der Waals surface area contributed by atoms with E-state index in [2.05, 4.69) is 12.2 Å². The number of hydrogen-bond acceptors (Lipinski definition) is 4. The molecule has 0 spiro atoms. The van der Waals surface area contributed by atoms with Gasteiger partial charge in [-0.1, -0.05) is 26.2 Å². The summed E-state index contributed by atoms with van der Waals surface area (Å²) in [7, 11) is 0. The zero-order chi connectivity index (χ0) is 15.4. The molecule has 1 aromatic rings. The second-order valence-corrected chi connectivity index (χ2v) is 5.50. The van der Waals surface area contributed by atoms with Crippen LogP contribution < -0.4 is 5.32 Å². The number of benzene rings is 1. The van der Waals surface area contributed by atoms with Crippen LogP contribution in [0.3, 0.4) is 0 Å². The average molecular weight is 292 g/mol. The van der Waals surface area contributed by atoms with Crippen molar-refractivity contribution in [2.75, 3.05) is 5.32 Å². The van der Waals surface area contributed by atoms with Crippen LogP contribution in [-0.4, -0.2) is 22.0 Å². The summed E-state index contributed by atoms with van der Waals surface area (Å²) in [6.45, 7) is 2.13. The summed E-state index contributed by atoms with van der Waals surface area (Å²) in [5, 5.41) is 23.4. The first kappa shape index (κ1) is 15.3. The van der Waals surface area contributed by atoms with Gasteiger partial charge >= 0.3 is 5.97 Å². The highest BCUT2D eigenvalue weighted by molar-refractivity contribution is 5.89. The molecular weight excluding hydrogens is 272 g/mol. The van der Waals surface area contributed by atoms with Crippen molar-refractivity contribution in [1.29, 1.82) is 0 Å². The molecule has 21 heavy (non-hydrogen) atoms. The maximum atomic E-state index is 11.2. The Morgan fingerprint density at radius 2 is 2.14 bits per heavy atom. The minimum absolute atomic E-state index is 0.0667. The van der Waals surface area contributed by atoms with Crippen LogP contribution in [0, 0.1) is 16.0 Å². The summed E-state index contributed by atoms with van der Waals surface area (Å²) in [5.74, 6) is -0.647. The van der Waals surface area contributed by atoms with Gasteiger partial charge in [-0.3, -0.25) is 10.1 Å². The second-order valence-electron chi connectivity index (χ2n) is 5.50. The highest BCUT2D eigenvalue weighted by Crippen LogP contribution is 2.33. The van der Waals surface area contributed by atoms with Gasteiger partial charge in [-0.2, -0.15) is 0 Å². The van der Waals surface area contributed by atoms with Gasteiger partial charge in [0.2, 0.25) is 0 Å². The number of rotatable bonds is 5. The first-order chi connectivity index (χ1) is 10.0. The molecule has 2 N–H and O–H groups in total. The van der Waals surface area contributed by atoms with E-state index in [1.807, 2.05) is 0 Å². The number of carboxylic acids is 1. The van der Waals surface area contributed by atoms with Gasteiger partial charge in [0.15, 0.2) is 0 Å². The molecule has 0 aromatic heterocycles. The van der Waals surface area contributed by atoms with Gasteiger partial charge in [0, 0.05) is 12.1 Å². The number of aromatic carboxylic acids is 1. The van der Waals surface area contributed by atoms with Gasteiger partial charge in [0.05, 0.1) is 10.5 Å². The van der Waals surface area contributed by atoms with Crippen molar-refractivity contribution in [2.45, 2.75) is 45.1 Å². The van der Waals surface area contributed by atoms with Crippen LogP contribution in [0.2, 0.25) is 0 Å². The van der Waals surface area contributed by atoms with Gasteiger partial charge in [-0.05, 0) is 30.9 Å². The summed E-state index contributed by atoms with van der Waals surface area (Å²) in [6, 6.07) is 4.25. The summed E-state index contributed by atoms with van der Waals surface area (Å²) < 4.78 is 0. The second kappa shape index (κ2) is 6.56. The predicted molar refractivity (Wildman–Crippen MR) is 79.7 cm³/mol. The van der Waals surface area contributed by atoms with Crippen molar-refractivity contribution in [3.8, 4) is 0 Å². The van der Waals surface area contributed by atoms with Gasteiger partial charge in [-0.15, -0.1) is 0 Å². The Morgan fingerprint density at radius 3 is 2.76 bits per heavy atom. The molecule has 0 amide bonds. The van der Waals surface area contributed by atoms with Crippen LogP contribution in [0.25, 0.3) is 0 Å². The van der Waals surface area contributed by atoms with Gasteiger partial charge in [0.1, 0.15) is 5.69 Å². The quantitative estimate of drug-likeness (QED) is 0.638. The lowest BCUT2D eigenvalue weighted by atomic mass is 9.82. The highest BCUT2D eigenvalue weighted by atomic mass is 16.6. The van der Waals surface area contributed by atoms with Crippen molar-refractivity contribution < 1.29 is 14.8 Å². The molecule has 1 aliphatic carbocycles. The zero-order valence-corrected chi connectivity index (χ0v) is 12.0. The molecule has 1 aromatic carbocycles. The number of nitrogens with zero attached hydrogens (tertiary/aromatic N) is 1. The smallest absolute Gasteiger partial charge is 0.335 e. The molecule has 6 heteroatoms. The fourth-order valence-electron chi connectivity index (χ4n) is 3.02. The molecule has 1 fully saturated rings.